The van der Waals surface area contributed by atoms with Gasteiger partial charge in [0.05, 0.1) is 19.4 Å². The van der Waals surface area contributed by atoms with Crippen LogP contribution in [0.4, 0.5) is 11.6 Å². The van der Waals surface area contributed by atoms with Gasteiger partial charge in [0, 0.05) is 56.1 Å². The van der Waals surface area contributed by atoms with E-state index in [1.807, 2.05) is 29.8 Å². The van der Waals surface area contributed by atoms with E-state index in [9.17, 15) is 4.79 Å². The number of rotatable bonds is 7. The molecule has 9 heteroatoms. The third-order valence-electron chi connectivity index (χ3n) is 7.40. The highest BCUT2D eigenvalue weighted by molar-refractivity contribution is 5.97. The van der Waals surface area contributed by atoms with Gasteiger partial charge in [0.25, 0.3) is 5.91 Å². The number of morpholine rings is 1. The highest BCUT2D eigenvalue weighted by atomic mass is 16.5. The van der Waals surface area contributed by atoms with Gasteiger partial charge in [-0.2, -0.15) is 9.61 Å². The number of fused-ring (bicyclic) bond motifs is 1. The molecule has 3 aromatic rings. The molecule has 6 rings (SSSR count). The smallest absolute Gasteiger partial charge is 0.251 e. The zero-order valence-corrected chi connectivity index (χ0v) is 20.8. The van der Waals surface area contributed by atoms with Gasteiger partial charge in [-0.1, -0.05) is 12.1 Å². The molecule has 4 heterocycles. The molecular weight excluding hydrogens is 456 g/mol. The van der Waals surface area contributed by atoms with Crippen LogP contribution in [0.15, 0.2) is 30.5 Å². The normalized spacial score (nSPS) is 19.0. The van der Waals surface area contributed by atoms with Crippen LogP contribution >= 0.6 is 0 Å². The fourth-order valence-corrected chi connectivity index (χ4v) is 5.01. The highest BCUT2D eigenvalue weighted by Crippen LogP contribution is 2.30. The van der Waals surface area contributed by atoms with Gasteiger partial charge in [0.1, 0.15) is 11.6 Å². The van der Waals surface area contributed by atoms with Gasteiger partial charge in [-0.05, 0) is 55.7 Å². The Labute approximate surface area is 211 Å². The molecule has 2 aliphatic heterocycles. The summed E-state index contributed by atoms with van der Waals surface area (Å²) in [4.78, 5) is 20.0. The van der Waals surface area contributed by atoms with E-state index in [0.29, 0.717) is 25.2 Å². The van der Waals surface area contributed by atoms with E-state index in [2.05, 4.69) is 27.7 Å². The van der Waals surface area contributed by atoms with Crippen molar-refractivity contribution >= 4 is 23.2 Å². The topological polar surface area (TPSA) is 93.0 Å². The number of aromatic nitrogens is 3. The van der Waals surface area contributed by atoms with Gasteiger partial charge in [0.2, 0.25) is 0 Å². The maximum Gasteiger partial charge on any atom is 0.251 e. The van der Waals surface area contributed by atoms with Crippen LogP contribution in [-0.2, 0) is 9.47 Å². The molecule has 3 aliphatic rings. The minimum Gasteiger partial charge on any atom is -0.381 e. The molecule has 36 heavy (non-hydrogen) atoms. The van der Waals surface area contributed by atoms with Crippen molar-refractivity contribution in [2.45, 2.75) is 38.6 Å². The van der Waals surface area contributed by atoms with E-state index in [-0.39, 0.29) is 5.91 Å². The summed E-state index contributed by atoms with van der Waals surface area (Å²) in [6, 6.07) is 8.43. The minimum absolute atomic E-state index is 0.00809. The Bertz CT molecular complexity index is 1240. The predicted molar refractivity (Wildman–Crippen MR) is 139 cm³/mol. The molecule has 1 saturated carbocycles. The van der Waals surface area contributed by atoms with E-state index in [4.69, 9.17) is 19.6 Å². The Hall–Kier alpha value is -3.17. The van der Waals surface area contributed by atoms with Crippen molar-refractivity contribution in [2.24, 2.45) is 5.92 Å². The summed E-state index contributed by atoms with van der Waals surface area (Å²) in [5, 5.41) is 11.5. The average Bonchev–Trinajstić information content (AvgIpc) is 3.62. The Balaban J connectivity index is 1.34. The molecule has 1 amide bonds. The number of amides is 1. The first-order chi connectivity index (χ1) is 17.7. The second-order valence-electron chi connectivity index (χ2n) is 10.1. The van der Waals surface area contributed by atoms with Crippen molar-refractivity contribution in [2.75, 3.05) is 56.3 Å². The maximum atomic E-state index is 12.6. The predicted octanol–water partition coefficient (Wildman–Crippen LogP) is 3.27. The van der Waals surface area contributed by atoms with Crippen LogP contribution in [0.3, 0.4) is 0 Å². The number of anilines is 2. The van der Waals surface area contributed by atoms with Gasteiger partial charge in [-0.15, -0.1) is 0 Å². The Morgan fingerprint density at radius 1 is 1.06 bits per heavy atom. The minimum atomic E-state index is 0.00809. The van der Waals surface area contributed by atoms with Crippen molar-refractivity contribution < 1.29 is 14.3 Å². The number of carbonyl (C=O) groups excluding carboxylic acids is 1. The lowest BCUT2D eigenvalue weighted by atomic mass is 10.0. The lowest BCUT2D eigenvalue weighted by Gasteiger charge is -2.28. The molecule has 0 unspecified atom stereocenters. The summed E-state index contributed by atoms with van der Waals surface area (Å²) >= 11 is 0. The zero-order valence-electron chi connectivity index (χ0n) is 20.8. The van der Waals surface area contributed by atoms with Gasteiger partial charge in [0.15, 0.2) is 5.65 Å². The highest BCUT2D eigenvalue weighted by Gasteiger charge is 2.25. The number of ether oxygens (including phenoxy) is 2. The van der Waals surface area contributed by atoms with Crippen LogP contribution in [0.2, 0.25) is 0 Å². The first kappa shape index (κ1) is 23.2. The number of benzene rings is 1. The van der Waals surface area contributed by atoms with Crippen LogP contribution in [0, 0.1) is 12.8 Å². The Morgan fingerprint density at radius 2 is 1.83 bits per heavy atom. The molecule has 0 radical (unpaired) electrons. The van der Waals surface area contributed by atoms with Gasteiger partial charge in [-0.3, -0.25) is 4.79 Å². The summed E-state index contributed by atoms with van der Waals surface area (Å²) < 4.78 is 13.0. The van der Waals surface area contributed by atoms with E-state index < -0.39 is 0 Å². The van der Waals surface area contributed by atoms with Gasteiger partial charge >= 0.3 is 0 Å². The van der Waals surface area contributed by atoms with Gasteiger partial charge in [-0.25, -0.2) is 4.98 Å². The number of hydrogen-bond acceptors (Lipinski definition) is 7. The first-order valence-electron chi connectivity index (χ1n) is 13.1. The van der Waals surface area contributed by atoms with Crippen molar-refractivity contribution in [1.82, 2.24) is 19.9 Å². The van der Waals surface area contributed by atoms with E-state index in [1.165, 1.54) is 0 Å². The number of nitrogens with zero attached hydrogens (tertiary/aromatic N) is 4. The van der Waals surface area contributed by atoms with Crippen LogP contribution in [0.25, 0.3) is 16.8 Å². The van der Waals surface area contributed by atoms with E-state index >= 15 is 0 Å². The fourth-order valence-electron chi connectivity index (χ4n) is 5.01. The molecule has 1 aliphatic carbocycles. The number of nitrogens with one attached hydrogen (secondary N) is 2. The van der Waals surface area contributed by atoms with Crippen molar-refractivity contribution in [3.63, 3.8) is 0 Å². The molecule has 0 atom stereocenters. The summed E-state index contributed by atoms with van der Waals surface area (Å²) in [6.45, 7) is 7.56. The van der Waals surface area contributed by atoms with Crippen LogP contribution in [0.1, 0.15) is 41.6 Å². The van der Waals surface area contributed by atoms with E-state index in [1.54, 1.807) is 0 Å². The average molecular weight is 491 g/mol. The Morgan fingerprint density at radius 3 is 2.58 bits per heavy atom. The monoisotopic (exact) mass is 490 g/mol. The van der Waals surface area contributed by atoms with Crippen LogP contribution in [0.5, 0.6) is 0 Å². The number of aryl methyl sites for hydroxylation is 1. The zero-order chi connectivity index (χ0) is 24.5. The van der Waals surface area contributed by atoms with Crippen LogP contribution < -0.4 is 15.5 Å². The number of hydrogen-bond donors (Lipinski definition) is 2. The third-order valence-corrected chi connectivity index (χ3v) is 7.40. The quantitative estimate of drug-likeness (QED) is 0.525. The number of carbonyl (C=O) groups is 1. The maximum absolute atomic E-state index is 12.6. The second-order valence-corrected chi connectivity index (χ2v) is 10.1. The summed E-state index contributed by atoms with van der Waals surface area (Å²) in [6.07, 6.45) is 6.17. The molecule has 2 N–H and O–H groups in total. The van der Waals surface area contributed by atoms with Crippen molar-refractivity contribution in [3.05, 3.63) is 41.6 Å². The van der Waals surface area contributed by atoms with E-state index in [0.717, 1.165) is 98.1 Å². The molecule has 2 saturated heterocycles. The molecule has 2 aromatic heterocycles. The summed E-state index contributed by atoms with van der Waals surface area (Å²) in [7, 11) is 0. The molecule has 1 aromatic carbocycles. The largest absolute Gasteiger partial charge is 0.381 e. The lowest BCUT2D eigenvalue weighted by Crippen LogP contribution is -2.37. The molecule has 0 bridgehead atoms. The fraction of sp³-hybridized carbons (Fsp3) is 0.519. The molecule has 0 spiro atoms. The lowest BCUT2D eigenvalue weighted by molar-refractivity contribution is 0.0699. The second kappa shape index (κ2) is 10.1. The molecular formula is C27H34N6O3. The summed E-state index contributed by atoms with van der Waals surface area (Å²) in [5.74, 6) is 2.46. The SMILES string of the molecule is Cc1cc(-c2cnn3c(NCC4CCOCC4)cc(N4CCOCC4)nc23)ccc1C(=O)NC1CC1. The van der Waals surface area contributed by atoms with Crippen molar-refractivity contribution in [3.8, 4) is 11.1 Å². The molecule has 3 fully saturated rings. The molecule has 9 nitrogen and oxygen atoms in total. The Kier molecular flexibility index (Phi) is 6.50. The first-order valence-corrected chi connectivity index (χ1v) is 13.1. The van der Waals surface area contributed by atoms with Gasteiger partial charge < -0.3 is 25.0 Å². The molecule has 190 valence electrons. The van der Waals surface area contributed by atoms with Crippen LogP contribution in [-0.4, -0.2) is 72.6 Å². The van der Waals surface area contributed by atoms with Crippen molar-refractivity contribution in [1.29, 1.82) is 0 Å². The summed E-state index contributed by atoms with van der Waals surface area (Å²) in [5.41, 5.74) is 4.45. The standard InChI is InChI=1S/C27H34N6O3/c1-18-14-20(2-5-22(18)27(34)30-21-3-4-21)23-17-29-33-24(28-16-19-6-10-35-11-7-19)15-25(31-26(23)33)32-8-12-36-13-9-32/h2,5,14-15,17,19,21,28H,3-4,6-13,16H2,1H3,(H,30,34). The third kappa shape index (κ3) is 4.90.